The molecule has 0 saturated heterocycles. The minimum absolute atomic E-state index is 0.117. The van der Waals surface area contributed by atoms with Crippen LogP contribution in [-0.4, -0.2) is 20.3 Å². The number of carbonyl (C=O) groups excluding carboxylic acids is 1. The Morgan fingerprint density at radius 2 is 2.05 bits per heavy atom. The van der Waals surface area contributed by atoms with Crippen LogP contribution < -0.4 is 5.32 Å². The van der Waals surface area contributed by atoms with Crippen molar-refractivity contribution in [3.8, 4) is 0 Å². The van der Waals surface area contributed by atoms with Crippen molar-refractivity contribution in [2.45, 2.75) is 20.3 Å². The molecule has 0 bridgehead atoms. The molecule has 0 radical (unpaired) electrons. The highest BCUT2D eigenvalue weighted by Crippen LogP contribution is 2.10. The zero-order chi connectivity index (χ0) is 14.8. The predicted molar refractivity (Wildman–Crippen MR) is 81.2 cm³/mol. The van der Waals surface area contributed by atoms with E-state index in [9.17, 15) is 4.79 Å². The lowest BCUT2D eigenvalue weighted by molar-refractivity contribution is -0.115. The summed E-state index contributed by atoms with van der Waals surface area (Å²) in [5.41, 5.74) is 3.80. The molecule has 3 aromatic heterocycles. The second kappa shape index (κ2) is 5.36. The fourth-order valence-electron chi connectivity index (χ4n) is 2.18. The van der Waals surface area contributed by atoms with Crippen LogP contribution in [0.1, 0.15) is 16.8 Å². The Labute approximate surface area is 122 Å². The van der Waals surface area contributed by atoms with Crippen LogP contribution in [0, 0.1) is 13.8 Å². The average molecular weight is 280 g/mol. The summed E-state index contributed by atoms with van der Waals surface area (Å²) in [5.74, 6) is 0.452. The van der Waals surface area contributed by atoms with Gasteiger partial charge < -0.3 is 9.72 Å². The van der Waals surface area contributed by atoms with Crippen molar-refractivity contribution in [3.63, 3.8) is 0 Å². The van der Waals surface area contributed by atoms with Crippen LogP contribution in [0.5, 0.6) is 0 Å². The van der Waals surface area contributed by atoms with Gasteiger partial charge >= 0.3 is 0 Å². The highest BCUT2D eigenvalue weighted by atomic mass is 16.1. The molecule has 1 amide bonds. The zero-order valence-corrected chi connectivity index (χ0v) is 12.0. The molecule has 0 aromatic carbocycles. The number of pyridine rings is 2. The lowest BCUT2D eigenvalue weighted by Crippen LogP contribution is -2.15. The van der Waals surface area contributed by atoms with Crippen LogP contribution in [-0.2, 0) is 11.2 Å². The lowest BCUT2D eigenvalue weighted by atomic mass is 10.3. The van der Waals surface area contributed by atoms with Crippen molar-refractivity contribution in [2.24, 2.45) is 0 Å². The molecule has 0 aliphatic carbocycles. The third-order valence-corrected chi connectivity index (χ3v) is 3.19. The molecule has 3 aromatic rings. The molecule has 0 fully saturated rings. The van der Waals surface area contributed by atoms with Crippen LogP contribution >= 0.6 is 0 Å². The normalized spacial score (nSPS) is 10.8. The summed E-state index contributed by atoms with van der Waals surface area (Å²) in [6.45, 7) is 3.98. The van der Waals surface area contributed by atoms with Gasteiger partial charge in [0, 0.05) is 18.6 Å². The number of hydrogen-bond donors (Lipinski definition) is 1. The largest absolute Gasteiger partial charge is 0.310 e. The van der Waals surface area contributed by atoms with Crippen LogP contribution in [0.4, 0.5) is 5.82 Å². The molecule has 106 valence electrons. The first-order valence-electron chi connectivity index (χ1n) is 6.77. The van der Waals surface area contributed by atoms with Crippen molar-refractivity contribution >= 4 is 17.4 Å². The third-order valence-electron chi connectivity index (χ3n) is 3.19. The average Bonchev–Trinajstić information content (AvgIpc) is 2.79. The van der Waals surface area contributed by atoms with Crippen LogP contribution in [0.2, 0.25) is 0 Å². The molecule has 21 heavy (non-hydrogen) atoms. The van der Waals surface area contributed by atoms with E-state index in [1.54, 1.807) is 6.20 Å². The maximum atomic E-state index is 12.0. The number of nitrogens with zero attached hydrogens (tertiary/aromatic N) is 3. The number of aryl methyl sites for hydroxylation is 2. The highest BCUT2D eigenvalue weighted by Gasteiger charge is 2.08. The van der Waals surface area contributed by atoms with Gasteiger partial charge in [0.05, 0.1) is 12.1 Å². The van der Waals surface area contributed by atoms with E-state index in [1.165, 1.54) is 0 Å². The van der Waals surface area contributed by atoms with E-state index in [2.05, 4.69) is 15.3 Å². The van der Waals surface area contributed by atoms with E-state index in [1.807, 2.05) is 54.9 Å². The first-order chi connectivity index (χ1) is 10.1. The van der Waals surface area contributed by atoms with Gasteiger partial charge in [-0.1, -0.05) is 0 Å². The molecule has 1 N–H and O–H groups in total. The molecule has 0 saturated carbocycles. The second-order valence-corrected chi connectivity index (χ2v) is 5.15. The van der Waals surface area contributed by atoms with Crippen molar-refractivity contribution in [1.82, 2.24) is 14.4 Å². The van der Waals surface area contributed by atoms with Crippen LogP contribution in [0.15, 0.2) is 42.9 Å². The van der Waals surface area contributed by atoms with E-state index in [-0.39, 0.29) is 12.3 Å². The quantitative estimate of drug-likeness (QED) is 0.802. The maximum Gasteiger partial charge on any atom is 0.231 e. The van der Waals surface area contributed by atoms with E-state index >= 15 is 0 Å². The summed E-state index contributed by atoms with van der Waals surface area (Å²) in [5, 5.41) is 2.79. The van der Waals surface area contributed by atoms with E-state index in [0.717, 1.165) is 22.5 Å². The van der Waals surface area contributed by atoms with Gasteiger partial charge in [-0.15, -0.1) is 0 Å². The van der Waals surface area contributed by atoms with Crippen molar-refractivity contribution in [1.29, 1.82) is 0 Å². The Balaban J connectivity index is 1.74. The molecule has 0 aliphatic heterocycles. The molecule has 0 aliphatic rings. The smallest absolute Gasteiger partial charge is 0.231 e. The third kappa shape index (κ3) is 3.08. The molecular formula is C16H16N4O. The summed E-state index contributed by atoms with van der Waals surface area (Å²) in [6, 6.07) is 7.73. The fraction of sp³-hybridized carbons (Fsp3) is 0.188. The molecule has 0 atom stereocenters. The number of carbonyl (C=O) groups is 1. The van der Waals surface area contributed by atoms with Crippen molar-refractivity contribution < 1.29 is 4.79 Å². The lowest BCUT2D eigenvalue weighted by Gasteiger charge is -2.03. The minimum Gasteiger partial charge on any atom is -0.310 e. The molecule has 5 nitrogen and oxygen atoms in total. The number of amides is 1. The number of hydrogen-bond acceptors (Lipinski definition) is 3. The molecular weight excluding hydrogens is 264 g/mol. The first-order valence-corrected chi connectivity index (χ1v) is 6.77. The first kappa shape index (κ1) is 13.3. The Hall–Kier alpha value is -2.69. The van der Waals surface area contributed by atoms with E-state index in [0.29, 0.717) is 5.82 Å². The Morgan fingerprint density at radius 3 is 2.86 bits per heavy atom. The second-order valence-electron chi connectivity index (χ2n) is 5.15. The Bertz CT molecular complexity index is 807. The number of fused-ring (bicyclic) bond motifs is 1. The SMILES string of the molecule is Cc1ccnc(NC(=O)Cc2cn3ccc(C)cc3n2)c1. The molecule has 0 unspecified atom stereocenters. The fourth-order valence-corrected chi connectivity index (χ4v) is 2.18. The van der Waals surface area contributed by atoms with Crippen LogP contribution in [0.3, 0.4) is 0 Å². The topological polar surface area (TPSA) is 59.3 Å². The van der Waals surface area contributed by atoms with Gasteiger partial charge in [-0.2, -0.15) is 0 Å². The number of aromatic nitrogens is 3. The number of nitrogens with one attached hydrogen (secondary N) is 1. The number of imidazole rings is 1. The predicted octanol–water partition coefficient (Wildman–Crippen LogP) is 2.53. The summed E-state index contributed by atoms with van der Waals surface area (Å²) in [6.07, 6.45) is 5.73. The van der Waals surface area contributed by atoms with Crippen LogP contribution in [0.25, 0.3) is 5.65 Å². The summed E-state index contributed by atoms with van der Waals surface area (Å²) in [7, 11) is 0. The van der Waals surface area contributed by atoms with Gasteiger partial charge in [0.25, 0.3) is 0 Å². The Morgan fingerprint density at radius 1 is 1.24 bits per heavy atom. The van der Waals surface area contributed by atoms with Gasteiger partial charge in [0.15, 0.2) is 0 Å². The summed E-state index contributed by atoms with van der Waals surface area (Å²) in [4.78, 5) is 20.6. The van der Waals surface area contributed by atoms with Crippen molar-refractivity contribution in [3.05, 3.63) is 59.7 Å². The van der Waals surface area contributed by atoms with Gasteiger partial charge in [-0.05, 0) is 49.2 Å². The van der Waals surface area contributed by atoms with Gasteiger partial charge in [-0.3, -0.25) is 4.79 Å². The van der Waals surface area contributed by atoms with Crippen molar-refractivity contribution in [2.75, 3.05) is 5.32 Å². The Kier molecular flexibility index (Phi) is 3.39. The number of rotatable bonds is 3. The minimum atomic E-state index is -0.117. The standard InChI is InChI=1S/C16H16N4O/c1-11-3-5-17-14(7-11)19-16(21)9-13-10-20-6-4-12(2)8-15(20)18-13/h3-8,10H,9H2,1-2H3,(H,17,19,21). The van der Waals surface area contributed by atoms with Gasteiger partial charge in [-0.25, -0.2) is 9.97 Å². The molecule has 3 heterocycles. The highest BCUT2D eigenvalue weighted by molar-refractivity contribution is 5.91. The molecule has 0 spiro atoms. The van der Waals surface area contributed by atoms with Gasteiger partial charge in [0.2, 0.25) is 5.91 Å². The van der Waals surface area contributed by atoms with E-state index in [4.69, 9.17) is 0 Å². The monoisotopic (exact) mass is 280 g/mol. The zero-order valence-electron chi connectivity index (χ0n) is 12.0. The van der Waals surface area contributed by atoms with Gasteiger partial charge in [0.1, 0.15) is 11.5 Å². The van der Waals surface area contributed by atoms with E-state index < -0.39 is 0 Å². The maximum absolute atomic E-state index is 12.0. The molecule has 5 heteroatoms. The summed E-state index contributed by atoms with van der Waals surface area (Å²) < 4.78 is 1.92. The number of anilines is 1. The molecule has 3 rings (SSSR count). The summed E-state index contributed by atoms with van der Waals surface area (Å²) >= 11 is 0.